The first-order valence-corrected chi connectivity index (χ1v) is 9.87. The highest BCUT2D eigenvalue weighted by molar-refractivity contribution is 5.89. The van der Waals surface area contributed by atoms with Gasteiger partial charge in [0.2, 0.25) is 0 Å². The van der Waals surface area contributed by atoms with E-state index in [0.29, 0.717) is 18.8 Å². The van der Waals surface area contributed by atoms with Crippen LogP contribution in [0.25, 0.3) is 22.3 Å². The highest BCUT2D eigenvalue weighted by atomic mass is 19.1. The number of nitrogens with zero attached hydrogens (tertiary/aromatic N) is 7. The molecule has 156 valence electrons. The molecule has 2 unspecified atom stereocenters. The highest BCUT2D eigenvalue weighted by Gasteiger charge is 2.32. The van der Waals surface area contributed by atoms with Crippen LogP contribution in [0.15, 0.2) is 43.2 Å². The smallest absolute Gasteiger partial charge is 0.176 e. The third-order valence-corrected chi connectivity index (χ3v) is 5.79. The number of aromatic nitrogens is 6. The number of rotatable bonds is 5. The van der Waals surface area contributed by atoms with E-state index < -0.39 is 18.5 Å². The minimum atomic E-state index is -0.650. The molecule has 0 aromatic carbocycles. The molecule has 2 atom stereocenters. The second-order valence-electron chi connectivity index (χ2n) is 7.52. The lowest BCUT2D eigenvalue weighted by atomic mass is 10.0. The molecule has 0 bridgehead atoms. The number of hydrogen-bond donors (Lipinski definition) is 1. The van der Waals surface area contributed by atoms with Crippen LogP contribution in [-0.4, -0.2) is 49.5 Å². The largest absolute Gasteiger partial charge is 0.370 e. The summed E-state index contributed by atoms with van der Waals surface area (Å²) in [5, 5.41) is 14.1. The Bertz CT molecular complexity index is 1270. The molecule has 1 aliphatic rings. The number of anilines is 1. The summed E-state index contributed by atoms with van der Waals surface area (Å²) in [4.78, 5) is 17.4. The predicted molar refractivity (Wildman–Crippen MR) is 109 cm³/mol. The maximum Gasteiger partial charge on any atom is 0.176 e. The van der Waals surface area contributed by atoms with Gasteiger partial charge in [-0.25, -0.2) is 23.7 Å². The Morgan fingerprint density at radius 1 is 1.29 bits per heavy atom. The number of aromatic amines is 1. The van der Waals surface area contributed by atoms with E-state index in [-0.39, 0.29) is 11.6 Å². The first kappa shape index (κ1) is 19.1. The van der Waals surface area contributed by atoms with E-state index in [1.54, 1.807) is 23.1 Å². The third kappa shape index (κ3) is 3.38. The molecule has 4 aromatic rings. The molecular formula is C21H18F2N8. The summed E-state index contributed by atoms with van der Waals surface area (Å²) < 4.78 is 29.7. The Hall–Kier alpha value is -3.87. The summed E-state index contributed by atoms with van der Waals surface area (Å²) >= 11 is 0. The highest BCUT2D eigenvalue weighted by Crippen LogP contribution is 2.33. The number of H-pyrrole nitrogens is 1. The van der Waals surface area contributed by atoms with Crippen LogP contribution in [0, 0.1) is 23.1 Å². The normalized spacial score (nSPS) is 17.2. The van der Waals surface area contributed by atoms with Crippen molar-refractivity contribution < 1.29 is 8.78 Å². The van der Waals surface area contributed by atoms with Crippen LogP contribution >= 0.6 is 0 Å². The van der Waals surface area contributed by atoms with E-state index in [9.17, 15) is 8.78 Å². The van der Waals surface area contributed by atoms with Gasteiger partial charge in [0.1, 0.15) is 24.7 Å². The van der Waals surface area contributed by atoms with Crippen molar-refractivity contribution in [1.82, 2.24) is 29.7 Å². The van der Waals surface area contributed by atoms with Crippen LogP contribution in [0.3, 0.4) is 0 Å². The fraction of sp³-hybridized carbons (Fsp3) is 0.286. The first-order chi connectivity index (χ1) is 15.2. The number of alkyl halides is 1. The molecule has 5 heterocycles. The summed E-state index contributed by atoms with van der Waals surface area (Å²) in [5.41, 5.74) is 2.62. The van der Waals surface area contributed by atoms with Crippen LogP contribution in [-0.2, 0) is 0 Å². The van der Waals surface area contributed by atoms with Crippen molar-refractivity contribution in [1.29, 1.82) is 5.26 Å². The van der Waals surface area contributed by atoms with Crippen molar-refractivity contribution >= 4 is 16.7 Å². The minimum Gasteiger partial charge on any atom is -0.370 e. The van der Waals surface area contributed by atoms with Gasteiger partial charge in [-0.15, -0.1) is 0 Å². The number of pyridine rings is 1. The van der Waals surface area contributed by atoms with Crippen molar-refractivity contribution in [3.8, 4) is 17.3 Å². The van der Waals surface area contributed by atoms with Gasteiger partial charge in [-0.3, -0.25) is 4.68 Å². The maximum absolute atomic E-state index is 14.1. The average Bonchev–Trinajstić information content (AvgIpc) is 3.55. The Morgan fingerprint density at radius 3 is 3.00 bits per heavy atom. The van der Waals surface area contributed by atoms with Crippen molar-refractivity contribution in [3.63, 3.8) is 0 Å². The van der Waals surface area contributed by atoms with Crippen LogP contribution in [0.2, 0.25) is 0 Å². The topological polar surface area (TPSA) is 99.3 Å². The molecule has 8 nitrogen and oxygen atoms in total. The zero-order valence-electron chi connectivity index (χ0n) is 16.4. The molecule has 5 rings (SSSR count). The Balaban J connectivity index is 1.37. The van der Waals surface area contributed by atoms with E-state index in [2.05, 4.69) is 25.0 Å². The molecule has 1 saturated heterocycles. The number of hydrogen-bond acceptors (Lipinski definition) is 6. The van der Waals surface area contributed by atoms with Gasteiger partial charge in [-0.05, 0) is 12.5 Å². The van der Waals surface area contributed by atoms with Crippen LogP contribution in [0.1, 0.15) is 18.2 Å². The fourth-order valence-electron chi connectivity index (χ4n) is 4.18. The van der Waals surface area contributed by atoms with E-state index in [0.717, 1.165) is 28.7 Å². The molecule has 0 aliphatic carbocycles. The number of nitriles is 1. The van der Waals surface area contributed by atoms with E-state index in [1.165, 1.54) is 18.6 Å². The standard InChI is InChI=1S/C21H18F2N8/c22-6-19(13-2-4-30(10-13)15-5-17(23)18(7-24)26-9-15)31-11-14(8-29-31)20-16-1-3-25-21(16)28-12-27-20/h1,3,5,8-9,11-13,19H,2,4,6,10H2,(H,25,27,28). The monoisotopic (exact) mass is 420 g/mol. The minimum absolute atomic E-state index is 0.00543. The molecule has 4 aromatic heterocycles. The molecule has 31 heavy (non-hydrogen) atoms. The van der Waals surface area contributed by atoms with Crippen molar-refractivity contribution in [2.24, 2.45) is 5.92 Å². The van der Waals surface area contributed by atoms with E-state index in [1.807, 2.05) is 17.2 Å². The van der Waals surface area contributed by atoms with Crippen LogP contribution < -0.4 is 4.90 Å². The van der Waals surface area contributed by atoms with Gasteiger partial charge < -0.3 is 9.88 Å². The molecule has 10 heteroatoms. The Morgan fingerprint density at radius 2 is 2.19 bits per heavy atom. The zero-order valence-corrected chi connectivity index (χ0v) is 16.4. The molecule has 1 N–H and O–H groups in total. The lowest BCUT2D eigenvalue weighted by Gasteiger charge is -2.23. The van der Waals surface area contributed by atoms with Crippen LogP contribution in [0.4, 0.5) is 14.5 Å². The zero-order chi connectivity index (χ0) is 21.4. The van der Waals surface area contributed by atoms with Crippen molar-refractivity contribution in [3.05, 3.63) is 54.8 Å². The number of fused-ring (bicyclic) bond motifs is 1. The summed E-state index contributed by atoms with van der Waals surface area (Å²) in [5.74, 6) is -0.655. The summed E-state index contributed by atoms with van der Waals surface area (Å²) in [7, 11) is 0. The molecule has 1 fully saturated rings. The van der Waals surface area contributed by atoms with E-state index >= 15 is 0 Å². The first-order valence-electron chi connectivity index (χ1n) is 9.87. The third-order valence-electron chi connectivity index (χ3n) is 5.79. The quantitative estimate of drug-likeness (QED) is 0.532. The van der Waals surface area contributed by atoms with Crippen molar-refractivity contribution in [2.75, 3.05) is 24.7 Å². The van der Waals surface area contributed by atoms with Gasteiger partial charge >= 0.3 is 0 Å². The average molecular weight is 420 g/mol. The van der Waals surface area contributed by atoms with Gasteiger partial charge in [0, 0.05) is 48.4 Å². The molecular weight excluding hydrogens is 402 g/mol. The fourth-order valence-corrected chi connectivity index (χ4v) is 4.18. The molecule has 0 amide bonds. The number of halogens is 2. The van der Waals surface area contributed by atoms with Crippen LogP contribution in [0.5, 0.6) is 0 Å². The predicted octanol–water partition coefficient (Wildman–Crippen LogP) is 3.26. The van der Waals surface area contributed by atoms with Gasteiger partial charge in [0.25, 0.3) is 0 Å². The second kappa shape index (κ2) is 7.75. The summed E-state index contributed by atoms with van der Waals surface area (Å²) in [6.07, 6.45) is 9.00. The summed E-state index contributed by atoms with van der Waals surface area (Å²) in [6, 6.07) is 4.48. The van der Waals surface area contributed by atoms with Gasteiger partial charge in [0.05, 0.1) is 29.8 Å². The Labute approximate surface area is 176 Å². The SMILES string of the molecule is N#Cc1ncc(N2CCC(C(CF)n3cc(-c4ncnc5[nH]ccc45)cn3)C2)cc1F. The molecule has 0 saturated carbocycles. The maximum atomic E-state index is 14.1. The second-order valence-corrected chi connectivity index (χ2v) is 7.52. The van der Waals surface area contributed by atoms with Crippen molar-refractivity contribution in [2.45, 2.75) is 12.5 Å². The summed E-state index contributed by atoms with van der Waals surface area (Å²) in [6.45, 7) is 0.632. The van der Waals surface area contributed by atoms with E-state index in [4.69, 9.17) is 5.26 Å². The lowest BCUT2D eigenvalue weighted by Crippen LogP contribution is -2.26. The number of nitrogens with one attached hydrogen (secondary N) is 1. The molecule has 0 spiro atoms. The van der Waals surface area contributed by atoms with Gasteiger partial charge in [-0.2, -0.15) is 10.4 Å². The molecule has 0 radical (unpaired) electrons. The lowest BCUT2D eigenvalue weighted by molar-refractivity contribution is 0.257. The van der Waals surface area contributed by atoms with Gasteiger partial charge in [0.15, 0.2) is 11.5 Å². The Kier molecular flexibility index (Phi) is 4.78. The van der Waals surface area contributed by atoms with Gasteiger partial charge in [-0.1, -0.05) is 0 Å². The molecule has 1 aliphatic heterocycles.